The van der Waals surface area contributed by atoms with Gasteiger partial charge in [0.05, 0.1) is 27.0 Å². The molecule has 2 amide bonds. The lowest BCUT2D eigenvalue weighted by Crippen LogP contribution is -2.51. The molecule has 0 aliphatic rings. The van der Waals surface area contributed by atoms with Crippen LogP contribution in [0.5, 0.6) is 0 Å². The van der Waals surface area contributed by atoms with Gasteiger partial charge in [-0.05, 0) is 43.2 Å². The number of anilines is 1. The Balaban J connectivity index is 2.48. The smallest absolute Gasteiger partial charge is 0.244 e. The lowest BCUT2D eigenvalue weighted by molar-refractivity contribution is -0.139. The topological polar surface area (TPSA) is 86.8 Å². The van der Waals surface area contributed by atoms with Crippen LogP contribution in [0.1, 0.15) is 25.8 Å². The summed E-state index contributed by atoms with van der Waals surface area (Å²) in [6.07, 6.45) is 1.63. The van der Waals surface area contributed by atoms with Gasteiger partial charge in [-0.2, -0.15) is 0 Å². The monoisotopic (exact) mass is 601 g/mol. The van der Waals surface area contributed by atoms with Crippen LogP contribution in [0.3, 0.4) is 0 Å². The van der Waals surface area contributed by atoms with E-state index in [1.54, 1.807) is 19.1 Å². The van der Waals surface area contributed by atoms with Gasteiger partial charge < -0.3 is 10.2 Å². The summed E-state index contributed by atoms with van der Waals surface area (Å²) in [6.45, 7) is 3.15. The van der Waals surface area contributed by atoms with E-state index in [2.05, 4.69) is 5.32 Å². The average molecular weight is 604 g/mol. The highest BCUT2D eigenvalue weighted by Gasteiger charge is 2.31. The van der Waals surface area contributed by atoms with Crippen molar-refractivity contribution in [2.45, 2.75) is 32.9 Å². The second-order valence-corrected chi connectivity index (χ2v) is 11.7. The van der Waals surface area contributed by atoms with E-state index in [1.807, 2.05) is 6.92 Å². The first-order chi connectivity index (χ1) is 16.3. The molecule has 0 heterocycles. The van der Waals surface area contributed by atoms with Crippen LogP contribution in [0.15, 0.2) is 30.3 Å². The van der Waals surface area contributed by atoms with Gasteiger partial charge in [0.2, 0.25) is 21.8 Å². The first-order valence-corrected chi connectivity index (χ1v) is 14.1. The van der Waals surface area contributed by atoms with Crippen LogP contribution in [0.2, 0.25) is 25.1 Å². The predicted octanol–water partition coefficient (Wildman–Crippen LogP) is 5.66. The molecule has 0 radical (unpaired) electrons. The Labute approximate surface area is 230 Å². The standard InChI is InChI=1S/C22H24Cl5N3O4S/c1-4-7-28-22(32)13(2)29(11-14-5-6-15(23)8-16(14)24)21(31)12-30(35(3,33)34)20-10-18(26)17(25)9-19(20)27/h5-6,8-10,13H,4,7,11-12H2,1-3H3,(H,28,32). The fraction of sp³-hybridized carbons (Fsp3) is 0.364. The van der Waals surface area contributed by atoms with Crippen LogP contribution in [0, 0.1) is 0 Å². The van der Waals surface area contributed by atoms with Crippen molar-refractivity contribution >= 4 is 85.5 Å². The quantitative estimate of drug-likeness (QED) is 0.355. The molecule has 0 aliphatic carbocycles. The van der Waals surface area contributed by atoms with E-state index >= 15 is 0 Å². The van der Waals surface area contributed by atoms with E-state index < -0.39 is 34.4 Å². The molecule has 1 N–H and O–H groups in total. The number of carbonyl (C=O) groups is 2. The predicted molar refractivity (Wildman–Crippen MR) is 143 cm³/mol. The summed E-state index contributed by atoms with van der Waals surface area (Å²) >= 11 is 30.5. The molecule has 2 rings (SSSR count). The molecule has 0 aliphatic heterocycles. The third kappa shape index (κ3) is 8.03. The van der Waals surface area contributed by atoms with Gasteiger partial charge in [-0.25, -0.2) is 8.42 Å². The second kappa shape index (κ2) is 12.7. The van der Waals surface area contributed by atoms with Crippen molar-refractivity contribution in [3.8, 4) is 0 Å². The summed E-state index contributed by atoms with van der Waals surface area (Å²) < 4.78 is 26.1. The summed E-state index contributed by atoms with van der Waals surface area (Å²) in [5.74, 6) is -1.06. The zero-order valence-electron chi connectivity index (χ0n) is 19.1. The van der Waals surface area contributed by atoms with Crippen molar-refractivity contribution in [2.24, 2.45) is 0 Å². The van der Waals surface area contributed by atoms with Crippen LogP contribution < -0.4 is 9.62 Å². The number of nitrogens with zero attached hydrogens (tertiary/aromatic N) is 2. The Kier molecular flexibility index (Phi) is 10.8. The fourth-order valence-electron chi connectivity index (χ4n) is 3.11. The maximum atomic E-state index is 13.5. The number of rotatable bonds is 10. The molecule has 35 heavy (non-hydrogen) atoms. The van der Waals surface area contributed by atoms with Crippen molar-refractivity contribution < 1.29 is 18.0 Å². The van der Waals surface area contributed by atoms with Crippen LogP contribution >= 0.6 is 58.0 Å². The number of amides is 2. The van der Waals surface area contributed by atoms with E-state index in [9.17, 15) is 18.0 Å². The minimum Gasteiger partial charge on any atom is -0.354 e. The number of hydrogen-bond donors (Lipinski definition) is 1. The fourth-order valence-corrected chi connectivity index (χ4v) is 5.12. The molecule has 1 atom stereocenters. The largest absolute Gasteiger partial charge is 0.354 e. The molecule has 0 saturated heterocycles. The second-order valence-electron chi connectivity index (χ2n) is 7.71. The van der Waals surface area contributed by atoms with Crippen LogP contribution in [-0.4, -0.2) is 50.5 Å². The van der Waals surface area contributed by atoms with Gasteiger partial charge in [-0.1, -0.05) is 71.0 Å². The molecule has 192 valence electrons. The maximum Gasteiger partial charge on any atom is 0.244 e. The zero-order valence-corrected chi connectivity index (χ0v) is 23.7. The number of nitrogens with one attached hydrogen (secondary N) is 1. The van der Waals surface area contributed by atoms with E-state index in [-0.39, 0.29) is 27.3 Å². The Hall–Kier alpha value is -1.42. The molecule has 0 fully saturated rings. The number of carbonyl (C=O) groups excluding carboxylic acids is 2. The van der Waals surface area contributed by atoms with E-state index in [0.717, 1.165) is 10.6 Å². The molecule has 0 aromatic heterocycles. The molecule has 0 spiro atoms. The summed E-state index contributed by atoms with van der Waals surface area (Å²) in [4.78, 5) is 27.5. The Morgan fingerprint density at radius 2 is 1.60 bits per heavy atom. The molecule has 1 unspecified atom stereocenters. The van der Waals surface area contributed by atoms with Crippen LogP contribution in [-0.2, 0) is 26.2 Å². The number of halogens is 5. The zero-order chi connectivity index (χ0) is 26.5. The first-order valence-electron chi connectivity index (χ1n) is 10.4. The Morgan fingerprint density at radius 1 is 0.971 bits per heavy atom. The molecule has 7 nitrogen and oxygen atoms in total. The van der Waals surface area contributed by atoms with E-state index in [1.165, 1.54) is 23.1 Å². The lowest BCUT2D eigenvalue weighted by atomic mass is 10.1. The van der Waals surface area contributed by atoms with Gasteiger partial charge in [0.15, 0.2) is 0 Å². The molecule has 2 aromatic carbocycles. The van der Waals surface area contributed by atoms with Gasteiger partial charge in [0, 0.05) is 23.1 Å². The highest BCUT2D eigenvalue weighted by molar-refractivity contribution is 7.92. The third-order valence-corrected chi connectivity index (χ3v) is 7.75. The number of benzene rings is 2. The molecular formula is C22H24Cl5N3O4S. The van der Waals surface area contributed by atoms with Crippen LogP contribution in [0.4, 0.5) is 5.69 Å². The highest BCUT2D eigenvalue weighted by Crippen LogP contribution is 2.35. The SMILES string of the molecule is CCCNC(=O)C(C)N(Cc1ccc(Cl)cc1Cl)C(=O)CN(c1cc(Cl)c(Cl)cc1Cl)S(C)(=O)=O. The Morgan fingerprint density at radius 3 is 2.17 bits per heavy atom. The van der Waals surface area contributed by atoms with Crippen molar-refractivity contribution in [1.82, 2.24) is 10.2 Å². The number of sulfonamides is 1. The van der Waals surface area contributed by atoms with Gasteiger partial charge in [-0.3, -0.25) is 13.9 Å². The highest BCUT2D eigenvalue weighted by atomic mass is 35.5. The van der Waals surface area contributed by atoms with Crippen molar-refractivity contribution in [2.75, 3.05) is 23.7 Å². The van der Waals surface area contributed by atoms with E-state index in [0.29, 0.717) is 28.6 Å². The van der Waals surface area contributed by atoms with E-state index in [4.69, 9.17) is 58.0 Å². The molecule has 2 aromatic rings. The van der Waals surface area contributed by atoms with Crippen LogP contribution in [0.25, 0.3) is 0 Å². The molecule has 13 heteroatoms. The van der Waals surface area contributed by atoms with Gasteiger partial charge >= 0.3 is 0 Å². The molecular weight excluding hydrogens is 580 g/mol. The average Bonchev–Trinajstić information content (AvgIpc) is 2.76. The number of hydrogen-bond acceptors (Lipinski definition) is 4. The van der Waals surface area contributed by atoms with Crippen molar-refractivity contribution in [3.63, 3.8) is 0 Å². The summed E-state index contributed by atoms with van der Waals surface area (Å²) in [6, 6.07) is 6.36. The Bertz CT molecular complexity index is 1210. The maximum absolute atomic E-state index is 13.5. The molecule has 0 saturated carbocycles. The van der Waals surface area contributed by atoms with Gasteiger partial charge in [0.1, 0.15) is 12.6 Å². The van der Waals surface area contributed by atoms with Crippen molar-refractivity contribution in [1.29, 1.82) is 0 Å². The molecule has 0 bridgehead atoms. The third-order valence-electron chi connectivity index (χ3n) is 5.01. The minimum absolute atomic E-state index is 0.0151. The summed E-state index contributed by atoms with van der Waals surface area (Å²) in [5.41, 5.74) is 0.502. The summed E-state index contributed by atoms with van der Waals surface area (Å²) in [5, 5.41) is 3.61. The van der Waals surface area contributed by atoms with Gasteiger partial charge in [-0.15, -0.1) is 0 Å². The minimum atomic E-state index is -3.99. The normalized spacial score (nSPS) is 12.2. The first kappa shape index (κ1) is 29.8. The van der Waals surface area contributed by atoms with Gasteiger partial charge in [0.25, 0.3) is 0 Å². The lowest BCUT2D eigenvalue weighted by Gasteiger charge is -2.32. The van der Waals surface area contributed by atoms with Crippen molar-refractivity contribution in [3.05, 3.63) is 61.0 Å². The summed E-state index contributed by atoms with van der Waals surface area (Å²) in [7, 11) is -3.99.